The second-order valence-corrected chi connectivity index (χ2v) is 8.48. The minimum Gasteiger partial charge on any atom is -0.506 e. The number of aryl methyl sites for hydroxylation is 1. The van der Waals surface area contributed by atoms with E-state index in [0.717, 1.165) is 4.88 Å². The Morgan fingerprint density at radius 2 is 2.11 bits per heavy atom. The van der Waals surface area contributed by atoms with Crippen LogP contribution in [0, 0.1) is 28.7 Å². The normalized spacial score (nSPS) is 11.1. The van der Waals surface area contributed by atoms with Crippen LogP contribution in [0.4, 0.5) is 5.00 Å². The van der Waals surface area contributed by atoms with Crippen molar-refractivity contribution in [2.24, 2.45) is 0 Å². The molecule has 0 saturated carbocycles. The Morgan fingerprint density at radius 3 is 2.71 bits per heavy atom. The fourth-order valence-electron chi connectivity index (χ4n) is 2.33. The number of nitrogens with zero attached hydrogens (tertiary/aromatic N) is 1. The predicted molar refractivity (Wildman–Crippen MR) is 118 cm³/mol. The number of aromatic hydroxyl groups is 1. The van der Waals surface area contributed by atoms with Gasteiger partial charge in [0.2, 0.25) is 0 Å². The van der Waals surface area contributed by atoms with Gasteiger partial charge in [-0.25, -0.2) is 4.79 Å². The van der Waals surface area contributed by atoms with Gasteiger partial charge in [-0.3, -0.25) is 4.79 Å². The van der Waals surface area contributed by atoms with Crippen LogP contribution < -0.4 is 5.32 Å². The van der Waals surface area contributed by atoms with Crippen LogP contribution >= 0.6 is 45.5 Å². The molecule has 28 heavy (non-hydrogen) atoms. The molecule has 9 heteroatoms. The van der Waals surface area contributed by atoms with Gasteiger partial charge in [0.25, 0.3) is 5.91 Å². The molecule has 0 spiro atoms. The van der Waals surface area contributed by atoms with E-state index in [1.807, 2.05) is 35.6 Å². The third-order valence-electron chi connectivity index (χ3n) is 3.81. The highest BCUT2D eigenvalue weighted by Gasteiger charge is 2.23. The van der Waals surface area contributed by atoms with Crippen LogP contribution in [0.15, 0.2) is 17.7 Å². The molecule has 0 aliphatic heterocycles. The smallest absolute Gasteiger partial charge is 0.341 e. The van der Waals surface area contributed by atoms with Crippen LogP contribution in [0.5, 0.6) is 5.75 Å². The fraction of sp³-hybridized carbons (Fsp3) is 0.211. The minimum absolute atomic E-state index is 0.0828. The second kappa shape index (κ2) is 9.41. The molecule has 0 bridgehead atoms. The van der Waals surface area contributed by atoms with Gasteiger partial charge in [0.1, 0.15) is 22.4 Å². The number of carbonyl (C=O) groups is 2. The molecule has 0 unspecified atom stereocenters. The molecule has 0 aliphatic carbocycles. The Kier molecular flexibility index (Phi) is 7.46. The van der Waals surface area contributed by atoms with E-state index in [0.29, 0.717) is 19.2 Å². The number of anilines is 1. The lowest BCUT2D eigenvalue weighted by Crippen LogP contribution is -2.16. The van der Waals surface area contributed by atoms with Gasteiger partial charge in [0, 0.05) is 15.5 Å². The molecule has 0 fully saturated rings. The summed E-state index contributed by atoms with van der Waals surface area (Å²) in [4.78, 5) is 25.7. The SMILES string of the molecule is CCOC(=O)c1c(NC(=O)/C(C#N)=C/c2cc(Cl)cc(I)c2O)sc(C)c1C. The van der Waals surface area contributed by atoms with Crippen molar-refractivity contribution < 1.29 is 19.4 Å². The Bertz CT molecular complexity index is 1020. The Balaban J connectivity index is 2.40. The Morgan fingerprint density at radius 1 is 1.43 bits per heavy atom. The minimum atomic E-state index is -0.705. The number of hydrogen-bond acceptors (Lipinski definition) is 6. The molecule has 2 aromatic rings. The Hall–Kier alpha value is -2.09. The van der Waals surface area contributed by atoms with Gasteiger partial charge < -0.3 is 15.2 Å². The van der Waals surface area contributed by atoms with Crippen molar-refractivity contribution in [3.05, 3.63) is 47.9 Å². The average molecular weight is 531 g/mol. The molecule has 146 valence electrons. The first-order valence-corrected chi connectivity index (χ1v) is 10.3. The lowest BCUT2D eigenvalue weighted by molar-refractivity contribution is -0.112. The summed E-state index contributed by atoms with van der Waals surface area (Å²) in [6.07, 6.45) is 1.25. The number of halogens is 2. The molecule has 1 amide bonds. The van der Waals surface area contributed by atoms with Crippen molar-refractivity contribution in [1.29, 1.82) is 5.26 Å². The van der Waals surface area contributed by atoms with Crippen LogP contribution in [0.2, 0.25) is 5.02 Å². The van der Waals surface area contributed by atoms with Gasteiger partial charge in [-0.05, 0) is 67.1 Å². The van der Waals surface area contributed by atoms with E-state index in [1.54, 1.807) is 19.9 Å². The number of hydrogen-bond donors (Lipinski definition) is 2. The molecule has 0 aliphatic rings. The van der Waals surface area contributed by atoms with Crippen molar-refractivity contribution in [2.45, 2.75) is 20.8 Å². The summed E-state index contributed by atoms with van der Waals surface area (Å²) in [5, 5.41) is 22.8. The summed E-state index contributed by atoms with van der Waals surface area (Å²) in [6.45, 7) is 5.49. The van der Waals surface area contributed by atoms with Gasteiger partial charge >= 0.3 is 5.97 Å². The van der Waals surface area contributed by atoms with E-state index in [1.165, 1.54) is 23.5 Å². The number of phenolic OH excluding ortho intramolecular Hbond substituents is 1. The zero-order valence-corrected chi connectivity index (χ0v) is 19.0. The average Bonchev–Trinajstić information content (AvgIpc) is 2.90. The third kappa shape index (κ3) is 4.84. The van der Waals surface area contributed by atoms with Crippen LogP contribution in [0.25, 0.3) is 6.08 Å². The largest absolute Gasteiger partial charge is 0.506 e. The molecule has 1 aromatic carbocycles. The van der Waals surface area contributed by atoms with Gasteiger partial charge in [-0.1, -0.05) is 11.6 Å². The quantitative estimate of drug-likeness (QED) is 0.244. The topological polar surface area (TPSA) is 99.4 Å². The molecule has 0 radical (unpaired) electrons. The van der Waals surface area contributed by atoms with Crippen molar-refractivity contribution in [1.82, 2.24) is 0 Å². The van der Waals surface area contributed by atoms with E-state index in [2.05, 4.69) is 5.32 Å². The van der Waals surface area contributed by atoms with E-state index >= 15 is 0 Å². The van der Waals surface area contributed by atoms with Gasteiger partial charge in [0.05, 0.1) is 15.7 Å². The number of carbonyl (C=O) groups excluding carboxylic acids is 2. The maximum atomic E-state index is 12.6. The summed E-state index contributed by atoms with van der Waals surface area (Å²) in [5.41, 5.74) is 0.984. The van der Waals surface area contributed by atoms with Crippen LogP contribution in [-0.4, -0.2) is 23.6 Å². The summed E-state index contributed by atoms with van der Waals surface area (Å²) in [7, 11) is 0. The first-order chi connectivity index (χ1) is 13.2. The number of esters is 1. The monoisotopic (exact) mass is 530 g/mol. The summed E-state index contributed by atoms with van der Waals surface area (Å²) in [5.74, 6) is -1.33. The number of nitriles is 1. The number of phenols is 1. The molecule has 0 saturated heterocycles. The predicted octanol–water partition coefficient (Wildman–Crippen LogP) is 5.05. The Labute approximate surface area is 184 Å². The molecular formula is C19H16ClIN2O4S. The number of rotatable bonds is 5. The summed E-state index contributed by atoms with van der Waals surface area (Å²) in [6, 6.07) is 4.82. The van der Waals surface area contributed by atoms with Crippen LogP contribution in [0.1, 0.15) is 33.3 Å². The first-order valence-electron chi connectivity index (χ1n) is 8.07. The second-order valence-electron chi connectivity index (χ2n) is 5.66. The zero-order valence-electron chi connectivity index (χ0n) is 15.2. The lowest BCUT2D eigenvalue weighted by atomic mass is 10.1. The number of amides is 1. The van der Waals surface area contributed by atoms with Gasteiger partial charge in [-0.2, -0.15) is 5.26 Å². The number of ether oxygens (including phenoxy) is 1. The molecule has 1 heterocycles. The first kappa shape index (κ1) is 22.2. The standard InChI is InChI=1S/C19H16ClIN2O4S/c1-4-27-19(26)15-9(2)10(3)28-18(15)23-17(25)12(8-22)5-11-6-13(20)7-14(21)16(11)24/h5-7,24H,4H2,1-3H3,(H,23,25)/b12-5+. The molecule has 1 aromatic heterocycles. The maximum absolute atomic E-state index is 12.6. The van der Waals surface area contributed by atoms with E-state index in [-0.39, 0.29) is 29.1 Å². The van der Waals surface area contributed by atoms with Crippen molar-refractivity contribution in [3.8, 4) is 11.8 Å². The number of benzene rings is 1. The summed E-state index contributed by atoms with van der Waals surface area (Å²) < 4.78 is 5.55. The van der Waals surface area contributed by atoms with E-state index in [9.17, 15) is 20.0 Å². The highest BCUT2D eigenvalue weighted by molar-refractivity contribution is 14.1. The van der Waals surface area contributed by atoms with Crippen LogP contribution in [0.3, 0.4) is 0 Å². The fourth-order valence-corrected chi connectivity index (χ4v) is 4.44. The highest BCUT2D eigenvalue weighted by atomic mass is 127. The zero-order chi connectivity index (χ0) is 21.0. The van der Waals surface area contributed by atoms with Crippen molar-refractivity contribution >= 4 is 68.5 Å². The summed E-state index contributed by atoms with van der Waals surface area (Å²) >= 11 is 9.11. The number of nitrogens with one attached hydrogen (secondary N) is 1. The van der Waals surface area contributed by atoms with E-state index in [4.69, 9.17) is 16.3 Å². The molecule has 6 nitrogen and oxygen atoms in total. The van der Waals surface area contributed by atoms with Gasteiger partial charge in [-0.15, -0.1) is 11.3 Å². The van der Waals surface area contributed by atoms with Crippen molar-refractivity contribution in [2.75, 3.05) is 11.9 Å². The molecular weight excluding hydrogens is 515 g/mol. The maximum Gasteiger partial charge on any atom is 0.341 e. The third-order valence-corrected chi connectivity index (χ3v) is 5.98. The lowest BCUT2D eigenvalue weighted by Gasteiger charge is -2.07. The molecule has 2 N–H and O–H groups in total. The highest BCUT2D eigenvalue weighted by Crippen LogP contribution is 2.34. The molecule has 0 atom stereocenters. The van der Waals surface area contributed by atoms with Gasteiger partial charge in [0.15, 0.2) is 0 Å². The number of thiophene rings is 1. The molecule has 2 rings (SSSR count). The van der Waals surface area contributed by atoms with Crippen LogP contribution in [-0.2, 0) is 9.53 Å². The van der Waals surface area contributed by atoms with Crippen molar-refractivity contribution in [3.63, 3.8) is 0 Å². The van der Waals surface area contributed by atoms with E-state index < -0.39 is 11.9 Å².